The van der Waals surface area contributed by atoms with Gasteiger partial charge in [0.1, 0.15) is 5.75 Å². The summed E-state index contributed by atoms with van der Waals surface area (Å²) >= 11 is 1.43. The summed E-state index contributed by atoms with van der Waals surface area (Å²) in [5.74, 6) is -0.922. The summed E-state index contributed by atoms with van der Waals surface area (Å²) in [7, 11) is 0. The number of phenols is 1. The Kier molecular flexibility index (Phi) is 10.8. The average Bonchev–Trinajstić information content (AvgIpc) is 3.19. The third kappa shape index (κ3) is 7.28. The molecule has 0 unspecified atom stereocenters. The van der Waals surface area contributed by atoms with Crippen molar-refractivity contribution in [3.05, 3.63) is 29.3 Å². The minimum atomic E-state index is -5.45. The van der Waals surface area contributed by atoms with E-state index in [-0.39, 0.29) is 17.9 Å². The summed E-state index contributed by atoms with van der Waals surface area (Å²) in [6.07, 6.45) is 3.71. The predicted molar refractivity (Wildman–Crippen MR) is 151 cm³/mol. The first-order valence-corrected chi connectivity index (χ1v) is 16.3. The molecule has 2 saturated carbocycles. The normalized spacial score (nSPS) is 30.1. The van der Waals surface area contributed by atoms with Crippen LogP contribution in [0.4, 0.5) is 22.0 Å². The van der Waals surface area contributed by atoms with Gasteiger partial charge >= 0.3 is 12.1 Å². The Balaban J connectivity index is 1.14. The molecule has 2 fully saturated rings. The highest BCUT2D eigenvalue weighted by Crippen LogP contribution is 2.63. The number of fused-ring (bicyclic) bond motifs is 5. The number of rotatable bonds is 14. The fraction of sp³-hybridized carbons (Fsp3) is 0.806. The first kappa shape index (κ1) is 31.9. The average molecular weight is 592 g/mol. The molecule has 0 amide bonds. The van der Waals surface area contributed by atoms with Crippen molar-refractivity contribution in [1.29, 1.82) is 0 Å². The van der Waals surface area contributed by atoms with Crippen LogP contribution in [0.25, 0.3) is 0 Å². The fourth-order valence-corrected chi connectivity index (χ4v) is 8.93. The molecule has 3 N–H and O–H groups in total. The van der Waals surface area contributed by atoms with Crippen LogP contribution in [0.3, 0.4) is 0 Å². The molecule has 0 heterocycles. The summed E-state index contributed by atoms with van der Waals surface area (Å²) in [5.41, 5.74) is 2.74. The molecule has 9 heteroatoms. The van der Waals surface area contributed by atoms with Gasteiger partial charge in [-0.25, -0.2) is 0 Å². The Labute approximate surface area is 240 Å². The van der Waals surface area contributed by atoms with Crippen LogP contribution in [0, 0.1) is 23.2 Å². The van der Waals surface area contributed by atoms with Gasteiger partial charge in [-0.2, -0.15) is 33.7 Å². The van der Waals surface area contributed by atoms with Crippen LogP contribution in [0.15, 0.2) is 18.2 Å². The Bertz CT molecular complexity index is 960. The number of hydrogen-bond donors (Lipinski definition) is 3. The van der Waals surface area contributed by atoms with Gasteiger partial charge in [0.05, 0.1) is 6.10 Å². The Morgan fingerprint density at radius 1 is 0.975 bits per heavy atom. The molecule has 0 aromatic heterocycles. The van der Waals surface area contributed by atoms with Crippen molar-refractivity contribution in [3.8, 4) is 5.75 Å². The molecule has 1 aromatic carbocycles. The number of benzene rings is 1. The zero-order valence-corrected chi connectivity index (χ0v) is 24.4. The van der Waals surface area contributed by atoms with Crippen LogP contribution in [-0.4, -0.2) is 53.0 Å². The van der Waals surface area contributed by atoms with Crippen LogP contribution >= 0.6 is 11.8 Å². The minimum Gasteiger partial charge on any atom is -0.508 e. The number of hydrogen-bond acceptors (Lipinski definition) is 4. The summed E-state index contributed by atoms with van der Waals surface area (Å²) in [4.78, 5) is 0. The second-order valence-electron chi connectivity index (χ2n) is 12.7. The van der Waals surface area contributed by atoms with Gasteiger partial charge in [-0.05, 0) is 135 Å². The van der Waals surface area contributed by atoms with Crippen LogP contribution < -0.4 is 5.32 Å². The predicted octanol–water partition coefficient (Wildman–Crippen LogP) is 8.09. The van der Waals surface area contributed by atoms with E-state index in [1.54, 1.807) is 0 Å². The highest BCUT2D eigenvalue weighted by molar-refractivity contribution is 7.99. The molecule has 3 aliphatic rings. The summed E-state index contributed by atoms with van der Waals surface area (Å²) < 4.78 is 62.4. The number of aromatic hydroxyl groups is 1. The lowest BCUT2D eigenvalue weighted by molar-refractivity contribution is -0.284. The first-order valence-electron chi connectivity index (χ1n) is 15.2. The molecule has 1 aromatic rings. The van der Waals surface area contributed by atoms with E-state index in [2.05, 4.69) is 18.3 Å². The van der Waals surface area contributed by atoms with Crippen molar-refractivity contribution in [2.45, 2.75) is 108 Å². The molecule has 40 heavy (non-hydrogen) atoms. The number of halogens is 5. The molecule has 0 bridgehead atoms. The van der Waals surface area contributed by atoms with Crippen LogP contribution in [0.2, 0.25) is 0 Å². The topological polar surface area (TPSA) is 52.5 Å². The molecule has 3 nitrogen and oxygen atoms in total. The molecule has 4 rings (SSSR count). The van der Waals surface area contributed by atoms with E-state index < -0.39 is 18.5 Å². The second kappa shape index (κ2) is 13.5. The van der Waals surface area contributed by atoms with E-state index in [4.69, 9.17) is 0 Å². The monoisotopic (exact) mass is 591 g/mol. The molecule has 0 spiro atoms. The number of aliphatic hydroxyl groups excluding tert-OH is 1. The smallest absolute Gasteiger partial charge is 0.453 e. The van der Waals surface area contributed by atoms with Crippen molar-refractivity contribution < 1.29 is 32.2 Å². The van der Waals surface area contributed by atoms with Crippen LogP contribution in [0.1, 0.15) is 94.6 Å². The molecule has 0 radical (unpaired) electrons. The highest BCUT2D eigenvalue weighted by atomic mass is 32.2. The van der Waals surface area contributed by atoms with Gasteiger partial charge in [-0.1, -0.05) is 25.8 Å². The minimum absolute atomic E-state index is 0.0129. The van der Waals surface area contributed by atoms with Crippen molar-refractivity contribution in [3.63, 3.8) is 0 Å². The maximum Gasteiger partial charge on any atom is 0.453 e. The van der Waals surface area contributed by atoms with Gasteiger partial charge in [0.2, 0.25) is 0 Å². The Hall–Kier alpha value is -1.06. The van der Waals surface area contributed by atoms with Crippen molar-refractivity contribution in [2.75, 3.05) is 24.6 Å². The van der Waals surface area contributed by atoms with Gasteiger partial charge < -0.3 is 15.5 Å². The number of phenolic OH excluding ortho intramolecular Hbond substituents is 1. The number of unbranched alkanes of at least 4 members (excludes halogenated alkanes) is 2. The zero-order valence-electron chi connectivity index (χ0n) is 23.6. The zero-order chi connectivity index (χ0) is 29.0. The molecule has 0 saturated heterocycles. The molecule has 0 aliphatic heterocycles. The lowest BCUT2D eigenvalue weighted by Gasteiger charge is -2.54. The number of nitrogens with one attached hydrogen (secondary N) is 1. The van der Waals surface area contributed by atoms with Gasteiger partial charge in [0.25, 0.3) is 0 Å². The second-order valence-corrected chi connectivity index (χ2v) is 13.9. The maximum atomic E-state index is 12.9. The first-order chi connectivity index (χ1) is 18.9. The van der Waals surface area contributed by atoms with E-state index >= 15 is 0 Å². The van der Waals surface area contributed by atoms with Gasteiger partial charge in [0.15, 0.2) is 0 Å². The van der Waals surface area contributed by atoms with E-state index in [1.165, 1.54) is 22.9 Å². The maximum absolute atomic E-state index is 12.9. The standard InChI is InChI=1S/C31H46F5NO2S/c1-29-20-22(7-3-2-4-15-37-16-6-18-40-17-5-14-30(32,33)31(34,35)36)28-24-11-9-23(38)19-21(24)8-10-25(28)26(29)12-13-27(29)39/h9,11,19,22,25-28,37-39H,2-8,10,12-18,20H2,1H3/t22-,25-,26-,27-,28+,29-/m0/s1. The van der Waals surface area contributed by atoms with E-state index in [0.29, 0.717) is 35.2 Å². The quantitative estimate of drug-likeness (QED) is 0.151. The van der Waals surface area contributed by atoms with Crippen molar-refractivity contribution >= 4 is 11.8 Å². The summed E-state index contributed by atoms with van der Waals surface area (Å²) in [6.45, 7) is 4.06. The van der Waals surface area contributed by atoms with Gasteiger partial charge in [0, 0.05) is 6.42 Å². The number of aryl methyl sites for hydroxylation is 1. The van der Waals surface area contributed by atoms with Crippen molar-refractivity contribution in [2.24, 2.45) is 23.2 Å². The summed E-state index contributed by atoms with van der Waals surface area (Å²) in [5, 5.41) is 24.4. The van der Waals surface area contributed by atoms with Crippen LogP contribution in [0.5, 0.6) is 5.75 Å². The Morgan fingerprint density at radius 2 is 1.73 bits per heavy atom. The number of aliphatic hydroxyl groups is 1. The third-order valence-electron chi connectivity index (χ3n) is 10.0. The number of alkyl halides is 5. The molecule has 228 valence electrons. The molecule has 6 atom stereocenters. The van der Waals surface area contributed by atoms with E-state index in [0.717, 1.165) is 83.1 Å². The van der Waals surface area contributed by atoms with Crippen molar-refractivity contribution in [1.82, 2.24) is 5.32 Å². The van der Waals surface area contributed by atoms with Crippen LogP contribution in [-0.2, 0) is 6.42 Å². The number of thioether (sulfide) groups is 1. The molecular formula is C31H46F5NO2S. The Morgan fingerprint density at radius 3 is 2.50 bits per heavy atom. The van der Waals surface area contributed by atoms with E-state index in [9.17, 15) is 32.2 Å². The van der Waals surface area contributed by atoms with Gasteiger partial charge in [-0.15, -0.1) is 0 Å². The fourth-order valence-electron chi connectivity index (χ4n) is 8.03. The lowest BCUT2D eigenvalue weighted by atomic mass is 9.51. The summed E-state index contributed by atoms with van der Waals surface area (Å²) in [6, 6.07) is 5.95. The third-order valence-corrected chi connectivity index (χ3v) is 11.2. The van der Waals surface area contributed by atoms with E-state index in [1.807, 2.05) is 12.1 Å². The molecule has 3 aliphatic carbocycles. The highest BCUT2D eigenvalue weighted by Gasteiger charge is 2.57. The SMILES string of the molecule is C[C@]12C[C@H](CCCCCNCCCSCCCC(F)(F)C(F)(F)F)[C@@H]3c4ccc(O)cc4CC[C@H]3[C@@H]1CC[C@@H]2O. The molecular weight excluding hydrogens is 545 g/mol. The van der Waals surface area contributed by atoms with Gasteiger partial charge in [-0.3, -0.25) is 0 Å². The lowest BCUT2D eigenvalue weighted by Crippen LogP contribution is -2.47. The largest absolute Gasteiger partial charge is 0.508 e.